The summed E-state index contributed by atoms with van der Waals surface area (Å²) in [6.07, 6.45) is 2.28. The molecule has 6 nitrogen and oxygen atoms in total. The minimum atomic E-state index is -4.12. The van der Waals surface area contributed by atoms with Crippen molar-refractivity contribution in [1.29, 1.82) is 0 Å². The average Bonchev–Trinajstić information content (AvgIpc) is 3.42. The second kappa shape index (κ2) is 6.73. The number of hydrogen-bond donors (Lipinski definition) is 1. The number of aldehydes is 1. The normalized spacial score (nSPS) is 15.1. The van der Waals surface area contributed by atoms with E-state index in [-0.39, 0.29) is 10.6 Å². The minimum Gasteiger partial charge on any atom is -0.465 e. The molecular weight excluding hydrogens is 380 g/mol. The van der Waals surface area contributed by atoms with Crippen molar-refractivity contribution in [2.75, 3.05) is 11.8 Å². The van der Waals surface area contributed by atoms with E-state index in [2.05, 4.69) is 9.46 Å². The van der Waals surface area contributed by atoms with E-state index in [4.69, 9.17) is 0 Å². The summed E-state index contributed by atoms with van der Waals surface area (Å²) in [5.41, 5.74) is -1.11. The molecule has 0 heterocycles. The van der Waals surface area contributed by atoms with Crippen molar-refractivity contribution in [2.45, 2.75) is 23.2 Å². The molecule has 0 aliphatic heterocycles. The molecule has 0 spiro atoms. The quantitative estimate of drug-likeness (QED) is 0.600. The minimum absolute atomic E-state index is 0.134. The second-order valence-corrected chi connectivity index (χ2v) is 7.89. The van der Waals surface area contributed by atoms with Gasteiger partial charge in [-0.25, -0.2) is 22.0 Å². The molecule has 1 aliphatic rings. The zero-order chi connectivity index (χ0) is 19.8. The van der Waals surface area contributed by atoms with Crippen LogP contribution in [0.15, 0.2) is 41.3 Å². The molecule has 3 rings (SSSR count). The lowest BCUT2D eigenvalue weighted by Gasteiger charge is -2.12. The number of rotatable bonds is 6. The molecule has 0 amide bonds. The van der Waals surface area contributed by atoms with Gasteiger partial charge in [-0.3, -0.25) is 4.72 Å². The molecule has 1 N–H and O–H groups in total. The first kappa shape index (κ1) is 19.0. The van der Waals surface area contributed by atoms with Crippen molar-refractivity contribution < 1.29 is 31.5 Å². The van der Waals surface area contributed by atoms with Gasteiger partial charge in [-0.05, 0) is 42.7 Å². The SMILES string of the molecule is COC(=O)c1c(F)cc(NS(=O)(=O)c2ccc(C3(C=O)CC3)cc2)cc1F. The molecule has 0 radical (unpaired) electrons. The van der Waals surface area contributed by atoms with Gasteiger partial charge in [-0.2, -0.15) is 0 Å². The molecule has 0 atom stereocenters. The van der Waals surface area contributed by atoms with Crippen LogP contribution in [0.1, 0.15) is 28.8 Å². The third-order valence-corrected chi connectivity index (χ3v) is 5.83. The van der Waals surface area contributed by atoms with Gasteiger partial charge < -0.3 is 9.53 Å². The monoisotopic (exact) mass is 395 g/mol. The maximum Gasteiger partial charge on any atom is 0.343 e. The largest absolute Gasteiger partial charge is 0.465 e. The van der Waals surface area contributed by atoms with E-state index in [1.807, 2.05) is 0 Å². The number of carbonyl (C=O) groups excluding carboxylic acids is 2. The average molecular weight is 395 g/mol. The van der Waals surface area contributed by atoms with Crippen LogP contribution in [-0.4, -0.2) is 27.8 Å². The second-order valence-electron chi connectivity index (χ2n) is 6.21. The van der Waals surface area contributed by atoms with E-state index in [0.29, 0.717) is 25.0 Å². The molecule has 0 aromatic heterocycles. The Bertz CT molecular complexity index is 992. The van der Waals surface area contributed by atoms with Gasteiger partial charge in [0.15, 0.2) is 0 Å². The van der Waals surface area contributed by atoms with E-state index >= 15 is 0 Å². The van der Waals surface area contributed by atoms with Gasteiger partial charge in [0.1, 0.15) is 23.5 Å². The van der Waals surface area contributed by atoms with E-state index < -0.39 is 38.6 Å². The molecule has 27 heavy (non-hydrogen) atoms. The van der Waals surface area contributed by atoms with Crippen LogP contribution in [0.5, 0.6) is 0 Å². The Hall–Kier alpha value is -2.81. The summed E-state index contributed by atoms with van der Waals surface area (Å²) < 4.78 is 59.1. The number of methoxy groups -OCH3 is 1. The Morgan fingerprint density at radius 1 is 1.15 bits per heavy atom. The molecule has 142 valence electrons. The van der Waals surface area contributed by atoms with Gasteiger partial charge in [-0.15, -0.1) is 0 Å². The summed E-state index contributed by atoms with van der Waals surface area (Å²) in [5, 5.41) is 0. The summed E-state index contributed by atoms with van der Waals surface area (Å²) in [4.78, 5) is 22.4. The van der Waals surface area contributed by atoms with Crippen LogP contribution in [0.4, 0.5) is 14.5 Å². The molecule has 1 saturated carbocycles. The Morgan fingerprint density at radius 2 is 1.70 bits per heavy atom. The third-order valence-electron chi connectivity index (χ3n) is 4.44. The fourth-order valence-corrected chi connectivity index (χ4v) is 3.76. The van der Waals surface area contributed by atoms with Gasteiger partial charge in [0.25, 0.3) is 10.0 Å². The van der Waals surface area contributed by atoms with Gasteiger partial charge in [0.2, 0.25) is 0 Å². The molecule has 0 bridgehead atoms. The summed E-state index contributed by atoms with van der Waals surface area (Å²) in [5.74, 6) is -3.72. The van der Waals surface area contributed by atoms with Crippen LogP contribution in [0.25, 0.3) is 0 Å². The van der Waals surface area contributed by atoms with Crippen molar-refractivity contribution in [3.05, 3.63) is 59.2 Å². The highest BCUT2D eigenvalue weighted by atomic mass is 32.2. The number of ether oxygens (including phenoxy) is 1. The molecule has 2 aromatic carbocycles. The smallest absolute Gasteiger partial charge is 0.343 e. The van der Waals surface area contributed by atoms with Crippen LogP contribution in [0.2, 0.25) is 0 Å². The van der Waals surface area contributed by atoms with Crippen molar-refractivity contribution in [2.24, 2.45) is 0 Å². The highest BCUT2D eigenvalue weighted by Gasteiger charge is 2.44. The summed E-state index contributed by atoms with van der Waals surface area (Å²) in [7, 11) is -3.15. The molecule has 9 heteroatoms. The fraction of sp³-hybridized carbons (Fsp3) is 0.222. The fourth-order valence-electron chi connectivity index (χ4n) is 2.72. The molecule has 0 unspecified atom stereocenters. The first-order valence-electron chi connectivity index (χ1n) is 7.89. The van der Waals surface area contributed by atoms with Crippen LogP contribution < -0.4 is 4.72 Å². The van der Waals surface area contributed by atoms with Gasteiger partial charge in [-0.1, -0.05) is 12.1 Å². The van der Waals surface area contributed by atoms with Crippen molar-refractivity contribution in [1.82, 2.24) is 0 Å². The zero-order valence-corrected chi connectivity index (χ0v) is 15.0. The van der Waals surface area contributed by atoms with Gasteiger partial charge in [0, 0.05) is 0 Å². The molecule has 1 fully saturated rings. The van der Waals surface area contributed by atoms with E-state index in [1.165, 1.54) is 24.3 Å². The zero-order valence-electron chi connectivity index (χ0n) is 14.2. The lowest BCUT2D eigenvalue weighted by Crippen LogP contribution is -2.15. The Balaban J connectivity index is 1.86. The molecule has 1 aliphatic carbocycles. The Morgan fingerprint density at radius 3 is 2.15 bits per heavy atom. The standard InChI is InChI=1S/C18H15F2NO5S/c1-26-17(23)16-14(19)8-12(9-15(16)20)21-27(24,25)13-4-2-11(3-5-13)18(10-22)6-7-18/h2-5,8-10,21H,6-7H2,1H3. The number of nitrogens with one attached hydrogen (secondary N) is 1. The predicted octanol–water partition coefficient (Wildman–Crippen LogP) is 2.78. The van der Waals surface area contributed by atoms with Gasteiger partial charge in [0.05, 0.1) is 23.1 Å². The van der Waals surface area contributed by atoms with E-state index in [9.17, 15) is 26.8 Å². The Kier molecular flexibility index (Phi) is 4.73. The summed E-state index contributed by atoms with van der Waals surface area (Å²) in [6.45, 7) is 0. The number of anilines is 1. The highest BCUT2D eigenvalue weighted by Crippen LogP contribution is 2.46. The summed E-state index contributed by atoms with van der Waals surface area (Å²) in [6, 6.07) is 7.09. The number of esters is 1. The maximum absolute atomic E-state index is 13.9. The van der Waals surface area contributed by atoms with Gasteiger partial charge >= 0.3 is 5.97 Å². The number of hydrogen-bond acceptors (Lipinski definition) is 5. The third kappa shape index (κ3) is 3.55. The lowest BCUT2D eigenvalue weighted by molar-refractivity contribution is -0.109. The first-order valence-corrected chi connectivity index (χ1v) is 9.38. The van der Waals surface area contributed by atoms with E-state index in [0.717, 1.165) is 19.0 Å². The maximum atomic E-state index is 13.9. The van der Waals surface area contributed by atoms with Crippen LogP contribution >= 0.6 is 0 Å². The highest BCUT2D eigenvalue weighted by molar-refractivity contribution is 7.92. The lowest BCUT2D eigenvalue weighted by atomic mass is 9.98. The number of carbonyl (C=O) groups is 2. The molecule has 2 aromatic rings. The number of benzene rings is 2. The molecule has 0 saturated heterocycles. The predicted molar refractivity (Wildman–Crippen MR) is 91.9 cm³/mol. The Labute approximate surface area is 154 Å². The van der Waals surface area contributed by atoms with Crippen LogP contribution in [0.3, 0.4) is 0 Å². The van der Waals surface area contributed by atoms with Crippen molar-refractivity contribution in [3.8, 4) is 0 Å². The van der Waals surface area contributed by atoms with Crippen LogP contribution in [-0.2, 0) is 25.0 Å². The van der Waals surface area contributed by atoms with Crippen LogP contribution in [0, 0.1) is 11.6 Å². The topological polar surface area (TPSA) is 89.5 Å². The van der Waals surface area contributed by atoms with Crippen molar-refractivity contribution >= 4 is 28.0 Å². The number of sulfonamides is 1. The summed E-state index contributed by atoms with van der Waals surface area (Å²) >= 11 is 0. The van der Waals surface area contributed by atoms with E-state index in [1.54, 1.807) is 0 Å². The van der Waals surface area contributed by atoms with Crippen molar-refractivity contribution in [3.63, 3.8) is 0 Å². The number of halogens is 2. The first-order chi connectivity index (χ1) is 12.7. The molecular formula is C18H15F2NO5S.